The molecule has 302 valence electrons. The summed E-state index contributed by atoms with van der Waals surface area (Å²) in [7, 11) is 2.39. The number of carbonyl (C=O) groups is 8. The lowest BCUT2D eigenvalue weighted by molar-refractivity contribution is -0.153. The molecule has 4 rings (SSSR count). The maximum Gasteiger partial charge on any atom is 0.407 e. The van der Waals surface area contributed by atoms with Gasteiger partial charge in [-0.1, -0.05) is 76.2 Å². The van der Waals surface area contributed by atoms with Crippen molar-refractivity contribution in [2.24, 2.45) is 11.8 Å². The fourth-order valence-electron chi connectivity index (χ4n) is 6.64. The highest BCUT2D eigenvalue weighted by Crippen LogP contribution is 2.24. The van der Waals surface area contributed by atoms with E-state index in [1.54, 1.807) is 76.2 Å². The Balaban J connectivity index is 1.28. The zero-order valence-corrected chi connectivity index (χ0v) is 32.5. The van der Waals surface area contributed by atoms with Crippen molar-refractivity contribution in [1.29, 1.82) is 0 Å². The molecule has 56 heavy (non-hydrogen) atoms. The normalized spacial score (nSPS) is 17.5. The molecule has 0 aliphatic carbocycles. The number of ketones is 2. The number of benzene rings is 2. The summed E-state index contributed by atoms with van der Waals surface area (Å²) in [4.78, 5) is 105. The van der Waals surface area contributed by atoms with Crippen LogP contribution in [0.3, 0.4) is 0 Å². The number of hydrogen-bond donors (Lipinski definition) is 2. The number of hydrogen-bond acceptors (Lipinski definition) is 12. The smallest absolute Gasteiger partial charge is 0.407 e. The Bertz CT molecular complexity index is 1650. The van der Waals surface area contributed by atoms with E-state index in [0.29, 0.717) is 49.9 Å². The van der Waals surface area contributed by atoms with Gasteiger partial charge in [0.15, 0.2) is 24.8 Å². The zero-order valence-electron chi connectivity index (χ0n) is 32.5. The van der Waals surface area contributed by atoms with Crippen LogP contribution in [-0.4, -0.2) is 122 Å². The van der Waals surface area contributed by atoms with E-state index in [0.717, 1.165) is 11.1 Å². The van der Waals surface area contributed by atoms with Crippen molar-refractivity contribution in [1.82, 2.24) is 20.4 Å². The minimum absolute atomic E-state index is 0.265. The summed E-state index contributed by atoms with van der Waals surface area (Å²) in [6.45, 7) is 6.63. The lowest BCUT2D eigenvalue weighted by Crippen LogP contribution is -2.54. The second-order valence-electron chi connectivity index (χ2n) is 14.3. The largest absolute Gasteiger partial charge is 0.456 e. The number of alkyl carbamates (subject to hydrolysis) is 2. The molecule has 0 bridgehead atoms. The molecule has 2 heterocycles. The van der Waals surface area contributed by atoms with E-state index in [9.17, 15) is 38.4 Å². The van der Waals surface area contributed by atoms with Crippen LogP contribution in [0.2, 0.25) is 0 Å². The molecule has 16 nitrogen and oxygen atoms in total. The number of Topliss-reactive ketones (excluding diaryl/α,β-unsaturated/α-hetero) is 2. The van der Waals surface area contributed by atoms with E-state index in [-0.39, 0.29) is 11.8 Å². The van der Waals surface area contributed by atoms with Crippen molar-refractivity contribution in [3.63, 3.8) is 0 Å². The number of esters is 2. The first kappa shape index (κ1) is 42.9. The fraction of sp³-hybridized carbons (Fsp3) is 0.500. The van der Waals surface area contributed by atoms with Crippen molar-refractivity contribution in [2.75, 3.05) is 40.5 Å². The van der Waals surface area contributed by atoms with Crippen LogP contribution in [0.1, 0.15) is 74.1 Å². The Morgan fingerprint density at radius 2 is 0.929 bits per heavy atom. The molecule has 4 atom stereocenters. The highest BCUT2D eigenvalue weighted by Gasteiger charge is 2.41. The van der Waals surface area contributed by atoms with Gasteiger partial charge in [0.25, 0.3) is 0 Å². The molecular weight excluding hydrogens is 728 g/mol. The zero-order chi connectivity index (χ0) is 41.1. The molecule has 2 aromatic carbocycles. The van der Waals surface area contributed by atoms with E-state index in [4.69, 9.17) is 9.47 Å². The summed E-state index contributed by atoms with van der Waals surface area (Å²) < 4.78 is 19.9. The summed E-state index contributed by atoms with van der Waals surface area (Å²) in [5.41, 5.74) is 2.10. The third-order valence-corrected chi connectivity index (χ3v) is 9.84. The predicted octanol–water partition coefficient (Wildman–Crippen LogP) is 3.55. The molecular formula is C40H50N4O12. The minimum atomic E-state index is -0.894. The summed E-state index contributed by atoms with van der Waals surface area (Å²) in [6.07, 6.45) is 0.346. The molecule has 4 amide bonds. The first-order chi connectivity index (χ1) is 26.7. The van der Waals surface area contributed by atoms with Gasteiger partial charge in [-0.25, -0.2) is 19.2 Å². The Morgan fingerprint density at radius 3 is 1.23 bits per heavy atom. The highest BCUT2D eigenvalue weighted by molar-refractivity contribution is 6.00. The maximum absolute atomic E-state index is 13.2. The van der Waals surface area contributed by atoms with E-state index < -0.39 is 84.9 Å². The molecule has 2 aliphatic rings. The molecule has 0 unspecified atom stereocenters. The Kier molecular flexibility index (Phi) is 15.1. The standard InChI is InChI=1S/C40H50N4O12/c1-23(2)33(41-39(51)53-5)35(47)43-19-7-9-29(43)37(49)55-21-31(45)27-15-11-25(12-16-27)26-13-17-28(18-14-26)32(46)22-56-38(50)30-10-8-20-44(30)36(48)34(24(3)4)42-40(52)54-6/h11-18,23-24,29-30,33-34H,7-10,19-22H2,1-6H3,(H,41,51)(H,42,52)/t29-,30-,33-,34-/m0/s1. The van der Waals surface area contributed by atoms with Crippen LogP contribution in [0.15, 0.2) is 48.5 Å². The molecule has 2 fully saturated rings. The van der Waals surface area contributed by atoms with Crippen molar-refractivity contribution < 1.29 is 57.3 Å². The lowest BCUT2D eigenvalue weighted by atomic mass is 10.0. The van der Waals surface area contributed by atoms with E-state index in [1.807, 2.05) is 0 Å². The number of rotatable bonds is 15. The Morgan fingerprint density at radius 1 is 0.589 bits per heavy atom. The topological polar surface area (TPSA) is 204 Å². The van der Waals surface area contributed by atoms with Gasteiger partial charge in [0.2, 0.25) is 11.8 Å². The monoisotopic (exact) mass is 778 g/mol. The van der Waals surface area contributed by atoms with E-state index >= 15 is 0 Å². The lowest BCUT2D eigenvalue weighted by Gasteiger charge is -2.29. The van der Waals surface area contributed by atoms with Crippen LogP contribution in [0.5, 0.6) is 0 Å². The number of nitrogens with zero attached hydrogens (tertiary/aromatic N) is 2. The summed E-state index contributed by atoms with van der Waals surface area (Å²) >= 11 is 0. The Hall–Kier alpha value is -5.80. The number of ether oxygens (including phenoxy) is 4. The number of methoxy groups -OCH3 is 2. The van der Waals surface area contributed by atoms with E-state index in [2.05, 4.69) is 20.1 Å². The van der Waals surface area contributed by atoms with Crippen molar-refractivity contribution in [3.05, 3.63) is 59.7 Å². The summed E-state index contributed by atoms with van der Waals surface area (Å²) in [5, 5.41) is 5.04. The second-order valence-corrected chi connectivity index (χ2v) is 14.3. The predicted molar refractivity (Wildman–Crippen MR) is 200 cm³/mol. The minimum Gasteiger partial charge on any atom is -0.456 e. The van der Waals surface area contributed by atoms with Crippen LogP contribution in [0, 0.1) is 11.8 Å². The highest BCUT2D eigenvalue weighted by atomic mass is 16.6. The number of nitrogens with one attached hydrogen (secondary N) is 2. The second kappa shape index (κ2) is 19.7. The molecule has 2 aliphatic heterocycles. The molecule has 2 aromatic rings. The van der Waals surface area contributed by atoms with Crippen molar-refractivity contribution in [2.45, 2.75) is 77.5 Å². The van der Waals surface area contributed by atoms with Crippen LogP contribution in [0.4, 0.5) is 9.59 Å². The average Bonchev–Trinajstić information content (AvgIpc) is 3.90. The van der Waals surface area contributed by atoms with E-state index in [1.165, 1.54) is 24.0 Å². The molecule has 16 heteroatoms. The van der Waals surface area contributed by atoms with Crippen molar-refractivity contribution in [3.8, 4) is 11.1 Å². The van der Waals surface area contributed by atoms with Gasteiger partial charge in [-0.3, -0.25) is 19.2 Å². The van der Waals surface area contributed by atoms with Crippen LogP contribution >= 0.6 is 0 Å². The van der Waals surface area contributed by atoms with Gasteiger partial charge in [0, 0.05) is 24.2 Å². The van der Waals surface area contributed by atoms with Gasteiger partial charge in [0.1, 0.15) is 24.2 Å². The van der Waals surface area contributed by atoms with Gasteiger partial charge in [-0.15, -0.1) is 0 Å². The van der Waals surface area contributed by atoms with Gasteiger partial charge in [-0.05, 0) is 48.6 Å². The van der Waals surface area contributed by atoms with Gasteiger partial charge in [0.05, 0.1) is 14.2 Å². The van der Waals surface area contributed by atoms with Gasteiger partial charge < -0.3 is 39.4 Å². The average molecular weight is 779 g/mol. The van der Waals surface area contributed by atoms with Gasteiger partial charge in [-0.2, -0.15) is 0 Å². The molecule has 0 aromatic heterocycles. The third-order valence-electron chi connectivity index (χ3n) is 9.84. The van der Waals surface area contributed by atoms with Crippen LogP contribution < -0.4 is 10.6 Å². The SMILES string of the molecule is COC(=O)N[C@H](C(=O)N1CCC[C@H]1C(=O)OCC(=O)c1ccc(-c2ccc(C(=O)COC(=O)[C@@H]3CCCN3C(=O)[C@@H](NC(=O)OC)C(C)C)cc2)cc1)C(C)C. The third kappa shape index (κ3) is 10.7. The first-order valence-corrected chi connectivity index (χ1v) is 18.6. The van der Waals surface area contributed by atoms with Crippen LogP contribution in [-0.2, 0) is 38.1 Å². The van der Waals surface area contributed by atoms with Gasteiger partial charge >= 0.3 is 24.1 Å². The van der Waals surface area contributed by atoms with Crippen molar-refractivity contribution >= 4 is 47.5 Å². The fourth-order valence-corrected chi connectivity index (χ4v) is 6.64. The number of amides is 4. The molecule has 2 saturated heterocycles. The molecule has 0 radical (unpaired) electrons. The quantitative estimate of drug-likeness (QED) is 0.151. The summed E-state index contributed by atoms with van der Waals surface area (Å²) in [6, 6.07) is 9.66. The number of likely N-dealkylation sites (tertiary alicyclic amines) is 2. The maximum atomic E-state index is 13.2. The molecule has 0 spiro atoms. The Labute approximate surface area is 325 Å². The molecule has 2 N–H and O–H groups in total. The number of carbonyl (C=O) groups excluding carboxylic acids is 8. The summed E-state index contributed by atoms with van der Waals surface area (Å²) in [5.74, 6) is -3.67. The van der Waals surface area contributed by atoms with Crippen LogP contribution in [0.25, 0.3) is 11.1 Å². The first-order valence-electron chi connectivity index (χ1n) is 18.6. The molecule has 0 saturated carbocycles.